The lowest BCUT2D eigenvalue weighted by Crippen LogP contribution is -2.40. The zero-order valence-electron chi connectivity index (χ0n) is 13.6. The van der Waals surface area contributed by atoms with Crippen molar-refractivity contribution in [1.29, 1.82) is 0 Å². The summed E-state index contributed by atoms with van der Waals surface area (Å²) in [5, 5.41) is 8.55. The van der Waals surface area contributed by atoms with Gasteiger partial charge in [0.2, 0.25) is 0 Å². The summed E-state index contributed by atoms with van der Waals surface area (Å²) in [7, 11) is 0. The summed E-state index contributed by atoms with van der Waals surface area (Å²) in [6, 6.07) is 3.48. The third-order valence-electron chi connectivity index (χ3n) is 4.86. The van der Waals surface area contributed by atoms with Crippen molar-refractivity contribution in [3.63, 3.8) is 0 Å². The molecule has 2 aromatic heterocycles. The van der Waals surface area contributed by atoms with E-state index >= 15 is 0 Å². The monoisotopic (exact) mass is 331 g/mol. The normalized spacial score (nSPS) is 22.3. The van der Waals surface area contributed by atoms with Crippen LogP contribution in [-0.4, -0.2) is 44.1 Å². The summed E-state index contributed by atoms with van der Waals surface area (Å²) in [6.45, 7) is 2.52. The molecule has 128 valence electrons. The molecule has 1 saturated carbocycles. The molecule has 0 aromatic carbocycles. The summed E-state index contributed by atoms with van der Waals surface area (Å²) in [6.07, 6.45) is 9.22. The molecule has 0 bridgehead atoms. The Morgan fingerprint density at radius 3 is 2.96 bits per heavy atom. The van der Waals surface area contributed by atoms with E-state index in [4.69, 9.17) is 4.74 Å². The van der Waals surface area contributed by atoms with Crippen LogP contribution in [0.1, 0.15) is 43.8 Å². The zero-order chi connectivity index (χ0) is 16.4. The fourth-order valence-corrected chi connectivity index (χ4v) is 3.31. The standard InChI is InChI=1S/C17H22FN5O/c18-16-7-2-8-19-17(16)24-15-6-3-9-22(12-15)10-13-11-23(21-20-13)14-4-1-5-14/h2,7-8,11,14-15H,1,3-6,9-10,12H2. The van der Waals surface area contributed by atoms with Gasteiger partial charge < -0.3 is 4.74 Å². The minimum Gasteiger partial charge on any atom is -0.471 e. The maximum absolute atomic E-state index is 13.7. The van der Waals surface area contributed by atoms with Crippen LogP contribution in [-0.2, 0) is 6.54 Å². The van der Waals surface area contributed by atoms with Crippen molar-refractivity contribution in [1.82, 2.24) is 24.9 Å². The number of hydrogen-bond donors (Lipinski definition) is 0. The molecule has 0 spiro atoms. The van der Waals surface area contributed by atoms with Crippen LogP contribution >= 0.6 is 0 Å². The number of rotatable bonds is 5. The van der Waals surface area contributed by atoms with Gasteiger partial charge in [-0.3, -0.25) is 4.90 Å². The van der Waals surface area contributed by atoms with E-state index in [-0.39, 0.29) is 12.0 Å². The van der Waals surface area contributed by atoms with Crippen LogP contribution in [0.2, 0.25) is 0 Å². The molecule has 0 amide bonds. The molecular weight excluding hydrogens is 309 g/mol. The van der Waals surface area contributed by atoms with Crippen molar-refractivity contribution < 1.29 is 9.13 Å². The summed E-state index contributed by atoms with van der Waals surface area (Å²) < 4.78 is 21.4. The number of likely N-dealkylation sites (tertiary alicyclic amines) is 1. The van der Waals surface area contributed by atoms with Crippen LogP contribution < -0.4 is 4.74 Å². The van der Waals surface area contributed by atoms with Crippen LogP contribution in [0.4, 0.5) is 4.39 Å². The lowest BCUT2D eigenvalue weighted by atomic mass is 9.93. The second-order valence-electron chi connectivity index (χ2n) is 6.68. The number of hydrogen-bond acceptors (Lipinski definition) is 5. The molecule has 24 heavy (non-hydrogen) atoms. The van der Waals surface area contributed by atoms with Gasteiger partial charge in [-0.1, -0.05) is 5.21 Å². The molecule has 0 radical (unpaired) electrons. The van der Waals surface area contributed by atoms with Gasteiger partial charge in [-0.25, -0.2) is 14.1 Å². The predicted octanol–water partition coefficient (Wildman–Crippen LogP) is 2.58. The quantitative estimate of drug-likeness (QED) is 0.843. The first-order chi connectivity index (χ1) is 11.8. The fraction of sp³-hybridized carbons (Fsp3) is 0.588. The second kappa shape index (κ2) is 6.84. The molecule has 7 heteroatoms. The van der Waals surface area contributed by atoms with Gasteiger partial charge in [0.1, 0.15) is 6.10 Å². The van der Waals surface area contributed by atoms with Crippen molar-refractivity contribution in [2.45, 2.75) is 50.8 Å². The molecule has 2 aromatic rings. The molecule has 0 N–H and O–H groups in total. The largest absolute Gasteiger partial charge is 0.471 e. The minimum atomic E-state index is -0.405. The molecule has 1 unspecified atom stereocenters. The van der Waals surface area contributed by atoms with Crippen LogP contribution in [0.15, 0.2) is 24.5 Å². The lowest BCUT2D eigenvalue weighted by molar-refractivity contribution is 0.0768. The fourth-order valence-electron chi connectivity index (χ4n) is 3.31. The van der Waals surface area contributed by atoms with Crippen LogP contribution in [0, 0.1) is 5.82 Å². The number of halogens is 1. The highest BCUT2D eigenvalue weighted by atomic mass is 19.1. The number of ether oxygens (including phenoxy) is 1. The molecule has 1 saturated heterocycles. The Balaban J connectivity index is 1.34. The van der Waals surface area contributed by atoms with Crippen molar-refractivity contribution >= 4 is 0 Å². The van der Waals surface area contributed by atoms with Gasteiger partial charge in [0.05, 0.1) is 17.9 Å². The molecule has 1 aliphatic heterocycles. The highest BCUT2D eigenvalue weighted by Crippen LogP contribution is 2.30. The third-order valence-corrected chi connectivity index (χ3v) is 4.86. The first-order valence-electron chi connectivity index (χ1n) is 8.68. The number of nitrogens with zero attached hydrogens (tertiary/aromatic N) is 5. The van der Waals surface area contributed by atoms with E-state index in [1.807, 2.05) is 4.68 Å². The van der Waals surface area contributed by atoms with E-state index in [0.717, 1.165) is 38.2 Å². The summed E-state index contributed by atoms with van der Waals surface area (Å²) >= 11 is 0. The van der Waals surface area contributed by atoms with E-state index in [0.29, 0.717) is 6.04 Å². The van der Waals surface area contributed by atoms with E-state index in [1.165, 1.54) is 25.3 Å². The Labute approximate surface area is 140 Å². The van der Waals surface area contributed by atoms with E-state index in [9.17, 15) is 4.39 Å². The Morgan fingerprint density at radius 2 is 2.17 bits per heavy atom. The van der Waals surface area contributed by atoms with Gasteiger partial charge in [0.25, 0.3) is 5.88 Å². The molecule has 1 aliphatic carbocycles. The first-order valence-corrected chi connectivity index (χ1v) is 8.68. The van der Waals surface area contributed by atoms with Crippen molar-refractivity contribution in [2.75, 3.05) is 13.1 Å². The third kappa shape index (κ3) is 3.40. The molecule has 4 rings (SSSR count). The molecule has 3 heterocycles. The SMILES string of the molecule is Fc1cccnc1OC1CCCN(Cc2cn(C3CCC3)nn2)C1. The van der Waals surface area contributed by atoms with E-state index in [1.54, 1.807) is 12.3 Å². The Bertz CT molecular complexity index is 687. The Hall–Kier alpha value is -2.02. The summed E-state index contributed by atoms with van der Waals surface area (Å²) in [5.74, 6) is -0.307. The summed E-state index contributed by atoms with van der Waals surface area (Å²) in [5.41, 5.74) is 0.992. The number of pyridine rings is 1. The van der Waals surface area contributed by atoms with Crippen molar-refractivity contribution in [3.05, 3.63) is 36.0 Å². The van der Waals surface area contributed by atoms with Gasteiger partial charge in [-0.05, 0) is 50.8 Å². The Kier molecular flexibility index (Phi) is 4.42. The Morgan fingerprint density at radius 1 is 1.25 bits per heavy atom. The second-order valence-corrected chi connectivity index (χ2v) is 6.68. The first kappa shape index (κ1) is 15.5. The van der Waals surface area contributed by atoms with Gasteiger partial charge in [0.15, 0.2) is 5.82 Å². The van der Waals surface area contributed by atoms with Crippen molar-refractivity contribution in [2.24, 2.45) is 0 Å². The summed E-state index contributed by atoms with van der Waals surface area (Å²) in [4.78, 5) is 6.27. The minimum absolute atomic E-state index is 0.0372. The van der Waals surface area contributed by atoms with Crippen LogP contribution in [0.25, 0.3) is 0 Å². The predicted molar refractivity (Wildman–Crippen MR) is 86.0 cm³/mol. The average molecular weight is 331 g/mol. The van der Waals surface area contributed by atoms with Gasteiger partial charge in [-0.15, -0.1) is 5.10 Å². The highest BCUT2D eigenvalue weighted by Gasteiger charge is 2.25. The van der Waals surface area contributed by atoms with Crippen LogP contribution in [0.5, 0.6) is 5.88 Å². The molecule has 1 atom stereocenters. The van der Waals surface area contributed by atoms with E-state index in [2.05, 4.69) is 26.4 Å². The maximum Gasteiger partial charge on any atom is 0.250 e. The molecule has 6 nitrogen and oxygen atoms in total. The lowest BCUT2D eigenvalue weighted by Gasteiger charge is -2.32. The smallest absolute Gasteiger partial charge is 0.250 e. The van der Waals surface area contributed by atoms with Gasteiger partial charge in [0, 0.05) is 19.3 Å². The zero-order valence-corrected chi connectivity index (χ0v) is 13.6. The maximum atomic E-state index is 13.7. The van der Waals surface area contributed by atoms with Gasteiger partial charge >= 0.3 is 0 Å². The number of piperidine rings is 1. The highest BCUT2D eigenvalue weighted by molar-refractivity contribution is 5.13. The van der Waals surface area contributed by atoms with Crippen LogP contribution in [0.3, 0.4) is 0 Å². The topological polar surface area (TPSA) is 56.1 Å². The van der Waals surface area contributed by atoms with E-state index < -0.39 is 5.82 Å². The van der Waals surface area contributed by atoms with Crippen molar-refractivity contribution in [3.8, 4) is 5.88 Å². The molecule has 2 aliphatic rings. The molecular formula is C17H22FN5O. The van der Waals surface area contributed by atoms with Gasteiger partial charge in [-0.2, -0.15) is 0 Å². The molecule has 2 fully saturated rings. The number of aromatic nitrogens is 4. The average Bonchev–Trinajstić information content (AvgIpc) is 2.96.